The molecule has 0 radical (unpaired) electrons. The Morgan fingerprint density at radius 2 is 2.05 bits per heavy atom. The van der Waals surface area contributed by atoms with Crippen molar-refractivity contribution in [2.75, 3.05) is 31.1 Å². The minimum atomic E-state index is -0.517. The molecule has 3 aromatic rings. The van der Waals surface area contributed by atoms with Gasteiger partial charge in [-0.1, -0.05) is 12.0 Å². The second-order valence-electron chi connectivity index (χ2n) is 11.7. The molecule has 1 saturated heterocycles. The minimum absolute atomic E-state index is 0.0109. The van der Waals surface area contributed by atoms with Crippen molar-refractivity contribution in [3.05, 3.63) is 59.3 Å². The summed E-state index contributed by atoms with van der Waals surface area (Å²) in [5, 5.41) is 11.5. The van der Waals surface area contributed by atoms with Crippen molar-refractivity contribution in [1.82, 2.24) is 30.4 Å². The van der Waals surface area contributed by atoms with Crippen LogP contribution in [0.1, 0.15) is 68.1 Å². The van der Waals surface area contributed by atoms with E-state index < -0.39 is 5.82 Å². The molecule has 1 saturated carbocycles. The highest BCUT2D eigenvalue weighted by Gasteiger charge is 2.54. The zero-order valence-electron chi connectivity index (χ0n) is 23.9. The highest BCUT2D eigenvalue weighted by Crippen LogP contribution is 2.51. The van der Waals surface area contributed by atoms with Crippen molar-refractivity contribution in [1.29, 1.82) is 0 Å². The number of nitrogens with one attached hydrogen (secondary N) is 1. The van der Waals surface area contributed by atoms with Crippen molar-refractivity contribution in [3.8, 4) is 17.5 Å². The molecule has 4 heterocycles. The van der Waals surface area contributed by atoms with Crippen LogP contribution >= 0.6 is 0 Å². The topological polar surface area (TPSA) is 106 Å². The van der Waals surface area contributed by atoms with E-state index >= 15 is 0 Å². The van der Waals surface area contributed by atoms with Gasteiger partial charge in [0, 0.05) is 61.9 Å². The molecule has 0 bridgehead atoms. The van der Waals surface area contributed by atoms with Crippen molar-refractivity contribution < 1.29 is 18.7 Å². The van der Waals surface area contributed by atoms with E-state index in [1.807, 2.05) is 33.0 Å². The summed E-state index contributed by atoms with van der Waals surface area (Å²) in [6.07, 6.45) is 5.61. The predicted octanol–water partition coefficient (Wildman–Crippen LogP) is 4.32. The van der Waals surface area contributed by atoms with E-state index in [1.54, 1.807) is 11.1 Å². The third kappa shape index (κ3) is 5.30. The van der Waals surface area contributed by atoms with Gasteiger partial charge >= 0.3 is 6.01 Å². The highest BCUT2D eigenvalue weighted by atomic mass is 19.1. The SMILES string of the molecule is CCN(C(=O)c1cc(F)ccc1Oc1nncc(N2CC3(CC(Oc4ccnc5c4CNCC5C)C3)C2)n1)C(C)C. The summed E-state index contributed by atoms with van der Waals surface area (Å²) in [5.41, 5.74) is 2.64. The number of rotatable bonds is 8. The number of anilines is 1. The molecule has 1 amide bonds. The maximum Gasteiger partial charge on any atom is 0.343 e. The first-order chi connectivity index (χ1) is 19.7. The normalized spacial score (nSPS) is 19.4. The Labute approximate surface area is 239 Å². The summed E-state index contributed by atoms with van der Waals surface area (Å²) in [5.74, 6) is 1.34. The van der Waals surface area contributed by atoms with E-state index in [4.69, 9.17) is 9.47 Å². The van der Waals surface area contributed by atoms with Gasteiger partial charge in [-0.3, -0.25) is 9.78 Å². The molecule has 1 aliphatic carbocycles. The standard InChI is InChI=1S/C30H36FN7O3/c1-5-38(18(2)3)28(39)22-10-20(31)6-7-24(22)41-29-35-26(15-34-36-29)37-16-30(17-37)11-21(12-30)40-25-8-9-33-27-19(4)13-32-14-23(25)27/h6-10,15,18-19,21,32H,5,11-14,16-17H2,1-4H3. The van der Waals surface area contributed by atoms with Crippen LogP contribution < -0.4 is 19.7 Å². The lowest BCUT2D eigenvalue weighted by molar-refractivity contribution is -0.0349. The van der Waals surface area contributed by atoms with Crippen molar-refractivity contribution in [2.45, 2.75) is 65.1 Å². The van der Waals surface area contributed by atoms with E-state index in [1.165, 1.54) is 23.8 Å². The third-order valence-corrected chi connectivity index (χ3v) is 8.38. The molecule has 1 N–H and O–H groups in total. The molecule has 2 aromatic heterocycles. The number of benzene rings is 1. The largest absolute Gasteiger partial charge is 0.490 e. The third-order valence-electron chi connectivity index (χ3n) is 8.38. The predicted molar refractivity (Wildman–Crippen MR) is 151 cm³/mol. The van der Waals surface area contributed by atoms with Crippen LogP contribution in [-0.2, 0) is 6.54 Å². The number of fused-ring (bicyclic) bond motifs is 1. The number of aromatic nitrogens is 4. The quantitative estimate of drug-likeness (QED) is 0.430. The van der Waals surface area contributed by atoms with Crippen LogP contribution in [0.15, 0.2) is 36.7 Å². The monoisotopic (exact) mass is 561 g/mol. The van der Waals surface area contributed by atoms with Crippen molar-refractivity contribution in [2.24, 2.45) is 5.41 Å². The van der Waals surface area contributed by atoms with Crippen LogP contribution in [0.25, 0.3) is 0 Å². The first-order valence-electron chi connectivity index (χ1n) is 14.3. The van der Waals surface area contributed by atoms with Gasteiger partial charge in [-0.2, -0.15) is 10.1 Å². The Bertz CT molecular complexity index is 1440. The molecular formula is C30H36FN7O3. The molecule has 10 nitrogen and oxygen atoms in total. The van der Waals surface area contributed by atoms with E-state index in [2.05, 4.69) is 37.3 Å². The number of carbonyl (C=O) groups excluding carboxylic acids is 1. The molecule has 2 aliphatic heterocycles. The molecule has 1 unspecified atom stereocenters. The number of nitrogens with zero attached hydrogens (tertiary/aromatic N) is 6. The fourth-order valence-corrected chi connectivity index (χ4v) is 6.30. The number of hydrogen-bond acceptors (Lipinski definition) is 9. The Morgan fingerprint density at radius 3 is 2.80 bits per heavy atom. The Balaban J connectivity index is 1.09. The molecule has 3 aliphatic rings. The van der Waals surface area contributed by atoms with Gasteiger partial charge in [0.15, 0.2) is 5.82 Å². The van der Waals surface area contributed by atoms with E-state index in [0.29, 0.717) is 18.3 Å². The molecule has 41 heavy (non-hydrogen) atoms. The fraction of sp³-hybridized carbons (Fsp3) is 0.500. The summed E-state index contributed by atoms with van der Waals surface area (Å²) in [4.78, 5) is 26.1. The molecule has 216 valence electrons. The zero-order chi connectivity index (χ0) is 28.7. The molecule has 1 aromatic carbocycles. The zero-order valence-corrected chi connectivity index (χ0v) is 23.9. The molecule has 2 fully saturated rings. The molecule has 11 heteroatoms. The van der Waals surface area contributed by atoms with E-state index in [-0.39, 0.29) is 40.8 Å². The molecule has 6 rings (SSSR count). The van der Waals surface area contributed by atoms with Gasteiger partial charge in [0.2, 0.25) is 0 Å². The van der Waals surface area contributed by atoms with Gasteiger partial charge in [0.1, 0.15) is 23.4 Å². The lowest BCUT2D eigenvalue weighted by Crippen LogP contribution is -2.65. The summed E-state index contributed by atoms with van der Waals surface area (Å²) in [6, 6.07) is 5.81. The summed E-state index contributed by atoms with van der Waals surface area (Å²) in [6.45, 7) is 11.8. The Hall–Kier alpha value is -3.86. The maximum atomic E-state index is 14.1. The first-order valence-corrected chi connectivity index (χ1v) is 14.3. The number of ether oxygens (including phenoxy) is 2. The lowest BCUT2D eigenvalue weighted by Gasteiger charge is -2.58. The summed E-state index contributed by atoms with van der Waals surface area (Å²) < 4.78 is 26.4. The number of hydrogen-bond donors (Lipinski definition) is 1. The van der Waals surface area contributed by atoms with E-state index in [0.717, 1.165) is 50.5 Å². The van der Waals surface area contributed by atoms with Crippen LogP contribution in [0.3, 0.4) is 0 Å². The van der Waals surface area contributed by atoms with Crippen LogP contribution in [0.2, 0.25) is 0 Å². The summed E-state index contributed by atoms with van der Waals surface area (Å²) in [7, 11) is 0. The second kappa shape index (κ2) is 10.8. The number of pyridine rings is 1. The smallest absolute Gasteiger partial charge is 0.343 e. The van der Waals surface area contributed by atoms with Gasteiger partial charge in [-0.05, 0) is 57.9 Å². The molecular weight excluding hydrogens is 525 g/mol. The van der Waals surface area contributed by atoms with Gasteiger partial charge < -0.3 is 24.6 Å². The number of carbonyl (C=O) groups is 1. The average Bonchev–Trinajstić information content (AvgIpc) is 2.91. The van der Waals surface area contributed by atoms with E-state index in [9.17, 15) is 9.18 Å². The second-order valence-corrected chi connectivity index (χ2v) is 11.7. The first kappa shape index (κ1) is 27.3. The van der Waals surface area contributed by atoms with Crippen molar-refractivity contribution in [3.63, 3.8) is 0 Å². The van der Waals surface area contributed by atoms with Crippen LogP contribution in [-0.4, -0.2) is 69.3 Å². The average molecular weight is 562 g/mol. The van der Waals surface area contributed by atoms with Gasteiger partial charge in [0.25, 0.3) is 5.91 Å². The minimum Gasteiger partial charge on any atom is -0.490 e. The lowest BCUT2D eigenvalue weighted by atomic mass is 9.62. The van der Waals surface area contributed by atoms with Gasteiger partial charge in [0.05, 0.1) is 17.5 Å². The Morgan fingerprint density at radius 1 is 1.24 bits per heavy atom. The highest BCUT2D eigenvalue weighted by molar-refractivity contribution is 5.97. The summed E-state index contributed by atoms with van der Waals surface area (Å²) >= 11 is 0. The Kier molecular flexibility index (Phi) is 7.23. The van der Waals surface area contributed by atoms with Gasteiger partial charge in [-0.15, -0.1) is 0 Å². The fourth-order valence-electron chi connectivity index (χ4n) is 6.30. The number of amides is 1. The van der Waals surface area contributed by atoms with Gasteiger partial charge in [-0.25, -0.2) is 4.39 Å². The molecule has 1 spiro atoms. The molecule has 1 atom stereocenters. The van der Waals surface area contributed by atoms with Crippen LogP contribution in [0.4, 0.5) is 10.2 Å². The van der Waals surface area contributed by atoms with Crippen molar-refractivity contribution >= 4 is 11.7 Å². The van der Waals surface area contributed by atoms with Crippen LogP contribution in [0, 0.1) is 11.2 Å². The van der Waals surface area contributed by atoms with Crippen LogP contribution in [0.5, 0.6) is 17.5 Å². The number of halogens is 1. The maximum absolute atomic E-state index is 14.1.